The molecule has 1 N–H and O–H groups in total. The van der Waals surface area contributed by atoms with Gasteiger partial charge < -0.3 is 19.6 Å². The number of rotatable bonds is 2. The van der Waals surface area contributed by atoms with Crippen LogP contribution < -0.4 is 9.64 Å². The second-order valence-electron chi connectivity index (χ2n) is 5.18. The fraction of sp³-hybridized carbons (Fsp3) is 0.538. The first-order valence-electron chi connectivity index (χ1n) is 6.54. The summed E-state index contributed by atoms with van der Waals surface area (Å²) in [6.45, 7) is 2.25. The maximum atomic E-state index is 11.2. The molecular weight excluding hydrogens is 362 g/mol. The molecule has 8 heteroatoms. The quantitative estimate of drug-likeness (QED) is 0.801. The Morgan fingerprint density at radius 1 is 1.52 bits per heavy atom. The number of pyridine rings is 1. The summed E-state index contributed by atoms with van der Waals surface area (Å²) >= 11 is 3.34. The molecule has 2 aliphatic rings. The molecule has 0 unspecified atom stereocenters. The van der Waals surface area contributed by atoms with Crippen molar-refractivity contribution in [2.45, 2.75) is 12.5 Å². The van der Waals surface area contributed by atoms with Crippen LogP contribution in [-0.2, 0) is 0 Å². The zero-order valence-corrected chi connectivity index (χ0v) is 13.9. The van der Waals surface area contributed by atoms with Crippen LogP contribution in [0.25, 0.3) is 0 Å². The Morgan fingerprint density at radius 3 is 2.95 bits per heavy atom. The van der Waals surface area contributed by atoms with Gasteiger partial charge in [-0.15, -0.1) is 12.4 Å². The molecule has 3 rings (SSSR count). The zero-order chi connectivity index (χ0) is 14.3. The van der Waals surface area contributed by atoms with Crippen molar-refractivity contribution in [3.8, 4) is 5.75 Å². The average molecular weight is 379 g/mol. The third-order valence-electron chi connectivity index (χ3n) is 4.17. The summed E-state index contributed by atoms with van der Waals surface area (Å²) in [5, 5.41) is 9.20. The molecule has 21 heavy (non-hydrogen) atoms. The molecule has 1 amide bonds. The van der Waals surface area contributed by atoms with E-state index in [0.29, 0.717) is 22.8 Å². The lowest BCUT2D eigenvalue weighted by Gasteiger charge is -2.23. The van der Waals surface area contributed by atoms with E-state index in [2.05, 4.69) is 25.8 Å². The van der Waals surface area contributed by atoms with Crippen LogP contribution in [0.1, 0.15) is 6.42 Å². The Labute approximate surface area is 137 Å². The van der Waals surface area contributed by atoms with E-state index in [9.17, 15) is 9.90 Å². The van der Waals surface area contributed by atoms with Crippen LogP contribution in [0.3, 0.4) is 0 Å². The fourth-order valence-electron chi connectivity index (χ4n) is 3.14. The molecule has 116 valence electrons. The number of fused-ring (bicyclic) bond motifs is 1. The number of methoxy groups -OCH3 is 1. The zero-order valence-electron chi connectivity index (χ0n) is 11.5. The lowest BCUT2D eigenvalue weighted by molar-refractivity contribution is 0.140. The molecule has 0 radical (unpaired) electrons. The van der Waals surface area contributed by atoms with E-state index < -0.39 is 6.09 Å². The van der Waals surface area contributed by atoms with Gasteiger partial charge in [-0.05, 0) is 22.4 Å². The van der Waals surface area contributed by atoms with Crippen molar-refractivity contribution in [1.82, 2.24) is 9.88 Å². The highest BCUT2D eigenvalue weighted by Crippen LogP contribution is 2.35. The minimum atomic E-state index is -0.814. The first kappa shape index (κ1) is 16.2. The van der Waals surface area contributed by atoms with E-state index >= 15 is 0 Å². The monoisotopic (exact) mass is 377 g/mol. The first-order valence-corrected chi connectivity index (χ1v) is 7.33. The Hall–Kier alpha value is -1.21. The van der Waals surface area contributed by atoms with E-state index in [-0.39, 0.29) is 18.4 Å². The van der Waals surface area contributed by atoms with Gasteiger partial charge in [-0.1, -0.05) is 0 Å². The molecule has 2 saturated heterocycles. The van der Waals surface area contributed by atoms with Crippen LogP contribution in [0.5, 0.6) is 5.75 Å². The second kappa shape index (κ2) is 6.27. The highest BCUT2D eigenvalue weighted by Gasteiger charge is 2.43. The fourth-order valence-corrected chi connectivity index (χ4v) is 3.52. The van der Waals surface area contributed by atoms with Crippen molar-refractivity contribution in [2.75, 3.05) is 31.6 Å². The summed E-state index contributed by atoms with van der Waals surface area (Å²) in [4.78, 5) is 19.2. The van der Waals surface area contributed by atoms with Gasteiger partial charge in [0.25, 0.3) is 0 Å². The van der Waals surface area contributed by atoms with Gasteiger partial charge in [0.1, 0.15) is 4.60 Å². The van der Waals surface area contributed by atoms with E-state index in [1.807, 2.05) is 6.07 Å². The van der Waals surface area contributed by atoms with Crippen molar-refractivity contribution in [2.24, 2.45) is 5.92 Å². The number of ether oxygens (including phenoxy) is 1. The summed E-state index contributed by atoms with van der Waals surface area (Å²) in [6.07, 6.45) is 1.92. The van der Waals surface area contributed by atoms with Gasteiger partial charge in [0.05, 0.1) is 25.0 Å². The molecule has 3 heterocycles. The number of anilines is 1. The van der Waals surface area contributed by atoms with Gasteiger partial charge in [0.2, 0.25) is 0 Å². The van der Waals surface area contributed by atoms with Gasteiger partial charge in [0.15, 0.2) is 5.75 Å². The van der Waals surface area contributed by atoms with Crippen LogP contribution in [0, 0.1) is 5.92 Å². The number of likely N-dealkylation sites (tertiary alicyclic amines) is 1. The maximum Gasteiger partial charge on any atom is 0.407 e. The number of amides is 1. The van der Waals surface area contributed by atoms with Crippen molar-refractivity contribution in [3.63, 3.8) is 0 Å². The number of aromatic nitrogens is 1. The third kappa shape index (κ3) is 2.89. The molecule has 1 aromatic heterocycles. The highest BCUT2D eigenvalue weighted by atomic mass is 79.9. The van der Waals surface area contributed by atoms with Crippen molar-refractivity contribution in [3.05, 3.63) is 16.9 Å². The number of nitrogens with zero attached hydrogens (tertiary/aromatic N) is 3. The standard InChI is InChI=1S/C13H16BrN3O3.ClH/c1-20-11-4-9(5-15-12(11)14)16-6-8-2-3-17(13(18)19)10(8)7-16;/h4-5,8,10H,2-3,6-7H2,1H3,(H,18,19);1H/t8-,10+;/m1./s1. The molecule has 0 saturated carbocycles. The summed E-state index contributed by atoms with van der Waals surface area (Å²) in [7, 11) is 1.61. The third-order valence-corrected chi connectivity index (χ3v) is 4.77. The number of hydrogen-bond acceptors (Lipinski definition) is 4. The Bertz CT molecular complexity index is 545. The molecule has 2 aliphatic heterocycles. The number of halogens is 2. The molecule has 2 fully saturated rings. The summed E-state index contributed by atoms with van der Waals surface area (Å²) < 4.78 is 5.93. The van der Waals surface area contributed by atoms with E-state index in [0.717, 1.165) is 25.2 Å². The van der Waals surface area contributed by atoms with E-state index in [4.69, 9.17) is 4.74 Å². The lowest BCUT2D eigenvalue weighted by atomic mass is 10.1. The van der Waals surface area contributed by atoms with Gasteiger partial charge in [0, 0.05) is 31.6 Å². The van der Waals surface area contributed by atoms with E-state index in [1.54, 1.807) is 18.2 Å². The second-order valence-corrected chi connectivity index (χ2v) is 5.93. The summed E-state index contributed by atoms with van der Waals surface area (Å²) in [5.41, 5.74) is 0.977. The maximum absolute atomic E-state index is 11.2. The summed E-state index contributed by atoms with van der Waals surface area (Å²) in [6, 6.07) is 2.03. The Morgan fingerprint density at radius 2 is 2.29 bits per heavy atom. The van der Waals surface area contributed by atoms with Crippen molar-refractivity contribution >= 4 is 40.1 Å². The Balaban J connectivity index is 0.00000161. The molecule has 0 aromatic carbocycles. The first-order chi connectivity index (χ1) is 9.60. The van der Waals surface area contributed by atoms with Crippen LogP contribution in [0.2, 0.25) is 0 Å². The number of carboxylic acid groups (broad SMARTS) is 1. The van der Waals surface area contributed by atoms with E-state index in [1.165, 1.54) is 0 Å². The normalized spacial score (nSPS) is 23.7. The van der Waals surface area contributed by atoms with Gasteiger partial charge >= 0.3 is 6.09 Å². The molecule has 0 spiro atoms. The molecule has 6 nitrogen and oxygen atoms in total. The van der Waals surface area contributed by atoms with Gasteiger partial charge in [-0.2, -0.15) is 0 Å². The summed E-state index contributed by atoms with van der Waals surface area (Å²) in [5.74, 6) is 1.11. The molecule has 0 aliphatic carbocycles. The molecular formula is C13H17BrClN3O3. The number of hydrogen-bond donors (Lipinski definition) is 1. The van der Waals surface area contributed by atoms with Crippen molar-refractivity contribution < 1.29 is 14.6 Å². The SMILES string of the molecule is COc1cc(N2C[C@H]3CCN(C(=O)O)[C@H]3C2)cnc1Br.Cl. The van der Waals surface area contributed by atoms with Crippen molar-refractivity contribution in [1.29, 1.82) is 0 Å². The van der Waals surface area contributed by atoms with Crippen LogP contribution >= 0.6 is 28.3 Å². The smallest absolute Gasteiger partial charge is 0.407 e. The van der Waals surface area contributed by atoms with Crippen LogP contribution in [0.15, 0.2) is 16.9 Å². The predicted molar refractivity (Wildman–Crippen MR) is 84.6 cm³/mol. The Kier molecular flexibility index (Phi) is 4.83. The minimum absolute atomic E-state index is 0. The lowest BCUT2D eigenvalue weighted by Crippen LogP contribution is -2.38. The van der Waals surface area contributed by atoms with Gasteiger partial charge in [-0.3, -0.25) is 0 Å². The van der Waals surface area contributed by atoms with Crippen LogP contribution in [0.4, 0.5) is 10.5 Å². The molecule has 2 atom stereocenters. The topological polar surface area (TPSA) is 65.9 Å². The average Bonchev–Trinajstić information content (AvgIpc) is 2.98. The predicted octanol–water partition coefficient (Wildman–Crippen LogP) is 2.46. The minimum Gasteiger partial charge on any atom is -0.494 e. The largest absolute Gasteiger partial charge is 0.494 e. The van der Waals surface area contributed by atoms with Gasteiger partial charge in [-0.25, -0.2) is 9.78 Å². The molecule has 1 aromatic rings. The highest BCUT2D eigenvalue weighted by molar-refractivity contribution is 9.10. The molecule has 0 bridgehead atoms. The number of carbonyl (C=O) groups is 1. The van der Waals surface area contributed by atoms with Crippen LogP contribution in [-0.4, -0.2) is 53.9 Å².